The lowest BCUT2D eigenvalue weighted by Gasteiger charge is -2.06. The van der Waals surface area contributed by atoms with E-state index in [2.05, 4.69) is 10.3 Å². The fourth-order valence-electron chi connectivity index (χ4n) is 2.80. The summed E-state index contributed by atoms with van der Waals surface area (Å²) in [6.07, 6.45) is 6.92. The number of nitrogens with zero attached hydrogens (tertiary/aromatic N) is 2. The molecule has 0 atom stereocenters. The third-order valence-electron chi connectivity index (χ3n) is 4.08. The molecule has 0 amide bonds. The molecule has 0 bridgehead atoms. The van der Waals surface area contributed by atoms with Gasteiger partial charge in [0.1, 0.15) is 5.75 Å². The van der Waals surface area contributed by atoms with E-state index in [0.29, 0.717) is 12.5 Å². The van der Waals surface area contributed by atoms with Gasteiger partial charge in [-0.3, -0.25) is 4.99 Å². The van der Waals surface area contributed by atoms with Crippen molar-refractivity contribution in [1.29, 1.82) is 0 Å². The van der Waals surface area contributed by atoms with Gasteiger partial charge in [-0.05, 0) is 56.4 Å². The van der Waals surface area contributed by atoms with E-state index in [1.54, 1.807) is 7.11 Å². The second-order valence-corrected chi connectivity index (χ2v) is 7.08. The van der Waals surface area contributed by atoms with E-state index in [9.17, 15) is 0 Å². The minimum absolute atomic E-state index is 0.443. The number of aryl methyl sites for hydroxylation is 3. The van der Waals surface area contributed by atoms with Crippen molar-refractivity contribution in [2.45, 2.75) is 38.5 Å². The molecule has 128 valence electrons. The molecule has 2 aromatic rings. The molecule has 6 heteroatoms. The summed E-state index contributed by atoms with van der Waals surface area (Å²) in [6.45, 7) is 0.708. The Morgan fingerprint density at radius 3 is 2.83 bits per heavy atom. The molecule has 3 N–H and O–H groups in total. The number of aromatic nitrogens is 1. The number of guanidine groups is 1. The van der Waals surface area contributed by atoms with Crippen molar-refractivity contribution in [3.63, 3.8) is 0 Å². The third kappa shape index (κ3) is 4.47. The predicted molar refractivity (Wildman–Crippen MR) is 100 cm³/mol. The van der Waals surface area contributed by atoms with Crippen molar-refractivity contribution >= 4 is 23.0 Å². The summed E-state index contributed by atoms with van der Waals surface area (Å²) < 4.78 is 5.13. The van der Waals surface area contributed by atoms with Gasteiger partial charge in [-0.1, -0.05) is 0 Å². The van der Waals surface area contributed by atoms with Crippen LogP contribution in [0.3, 0.4) is 0 Å². The predicted octanol–water partition coefficient (Wildman–Crippen LogP) is 3.39. The summed E-state index contributed by atoms with van der Waals surface area (Å²) in [4.78, 5) is 10.7. The van der Waals surface area contributed by atoms with Crippen LogP contribution in [0, 0.1) is 0 Å². The molecule has 0 unspecified atom stereocenters. The molecule has 1 aromatic heterocycles. The molecular formula is C18H24N4OS. The summed E-state index contributed by atoms with van der Waals surface area (Å²) in [5.41, 5.74) is 8.18. The number of nitrogens with one attached hydrogen (secondary N) is 1. The number of thiazole rings is 1. The highest BCUT2D eigenvalue weighted by atomic mass is 32.1. The van der Waals surface area contributed by atoms with Gasteiger partial charge < -0.3 is 15.8 Å². The topological polar surface area (TPSA) is 72.5 Å². The number of hydrogen-bond donors (Lipinski definition) is 2. The minimum Gasteiger partial charge on any atom is -0.497 e. The van der Waals surface area contributed by atoms with E-state index in [1.807, 2.05) is 35.6 Å². The maximum absolute atomic E-state index is 5.93. The van der Waals surface area contributed by atoms with Crippen molar-refractivity contribution in [3.8, 4) is 5.75 Å². The highest BCUT2D eigenvalue weighted by Crippen LogP contribution is 2.27. The van der Waals surface area contributed by atoms with Crippen LogP contribution in [0.1, 0.15) is 34.8 Å². The molecule has 1 aliphatic carbocycles. The Kier molecular flexibility index (Phi) is 5.69. The number of methoxy groups -OCH3 is 1. The quantitative estimate of drug-likeness (QED) is 0.479. The van der Waals surface area contributed by atoms with E-state index >= 15 is 0 Å². The van der Waals surface area contributed by atoms with E-state index in [0.717, 1.165) is 30.7 Å². The molecule has 0 saturated carbocycles. The van der Waals surface area contributed by atoms with Crippen LogP contribution in [-0.2, 0) is 19.3 Å². The number of ether oxygens (including phenoxy) is 1. The number of hydrogen-bond acceptors (Lipinski definition) is 4. The minimum atomic E-state index is 0.443. The Hall–Kier alpha value is -2.08. The third-order valence-corrected chi connectivity index (χ3v) is 5.30. The van der Waals surface area contributed by atoms with Crippen molar-refractivity contribution in [2.24, 2.45) is 10.7 Å². The maximum Gasteiger partial charge on any atom is 0.193 e. The van der Waals surface area contributed by atoms with E-state index in [-0.39, 0.29) is 0 Å². The Labute approximate surface area is 147 Å². The average Bonchev–Trinajstić information content (AvgIpc) is 3.02. The van der Waals surface area contributed by atoms with Crippen molar-refractivity contribution in [3.05, 3.63) is 39.8 Å². The zero-order chi connectivity index (χ0) is 16.8. The monoisotopic (exact) mass is 344 g/mol. The summed E-state index contributed by atoms with van der Waals surface area (Å²) in [5.74, 6) is 1.26. The lowest BCUT2D eigenvalue weighted by molar-refractivity contribution is 0.415. The molecule has 1 heterocycles. The summed E-state index contributed by atoms with van der Waals surface area (Å²) in [7, 11) is 1.65. The van der Waals surface area contributed by atoms with Crippen molar-refractivity contribution in [2.75, 3.05) is 19.0 Å². The molecule has 0 spiro atoms. The number of anilines is 1. The SMILES string of the molecule is COc1ccc(NC(N)=NCCCc2nc3c(s2)CCCC3)cc1. The average molecular weight is 344 g/mol. The van der Waals surface area contributed by atoms with Crippen LogP contribution in [-0.4, -0.2) is 24.6 Å². The fourth-order valence-corrected chi connectivity index (χ4v) is 4.00. The van der Waals surface area contributed by atoms with E-state index < -0.39 is 0 Å². The zero-order valence-electron chi connectivity index (χ0n) is 14.0. The first-order valence-corrected chi connectivity index (χ1v) is 9.24. The van der Waals surface area contributed by atoms with Gasteiger partial charge in [-0.15, -0.1) is 11.3 Å². The maximum atomic E-state index is 5.93. The van der Waals surface area contributed by atoms with Gasteiger partial charge in [0.15, 0.2) is 5.96 Å². The first-order chi connectivity index (χ1) is 11.7. The molecule has 1 aromatic carbocycles. The molecule has 0 aliphatic heterocycles. The molecule has 0 saturated heterocycles. The summed E-state index contributed by atoms with van der Waals surface area (Å²) in [6, 6.07) is 7.61. The van der Waals surface area contributed by atoms with Gasteiger partial charge in [-0.25, -0.2) is 4.98 Å². The fraction of sp³-hybridized carbons (Fsp3) is 0.444. The molecule has 0 radical (unpaired) electrons. The Bertz CT molecular complexity index is 670. The number of aliphatic imine (C=N–C) groups is 1. The van der Waals surface area contributed by atoms with Crippen LogP contribution in [0.15, 0.2) is 29.3 Å². The second kappa shape index (κ2) is 8.15. The molecule has 24 heavy (non-hydrogen) atoms. The van der Waals surface area contributed by atoms with E-state index in [1.165, 1.54) is 34.8 Å². The smallest absolute Gasteiger partial charge is 0.193 e. The highest BCUT2D eigenvalue weighted by Gasteiger charge is 2.14. The number of rotatable bonds is 6. The standard InChI is InChI=1S/C18H24N4OS/c1-23-14-10-8-13(9-11-14)21-18(19)20-12-4-7-17-22-15-5-2-3-6-16(15)24-17/h8-11H,2-7,12H2,1H3,(H3,19,20,21). The van der Waals surface area contributed by atoms with Crippen LogP contribution < -0.4 is 15.8 Å². The lowest BCUT2D eigenvalue weighted by Crippen LogP contribution is -2.22. The zero-order valence-corrected chi connectivity index (χ0v) is 14.9. The van der Waals surface area contributed by atoms with Crippen molar-refractivity contribution < 1.29 is 4.74 Å². The van der Waals surface area contributed by atoms with Crippen LogP contribution in [0.25, 0.3) is 0 Å². The largest absolute Gasteiger partial charge is 0.497 e. The van der Waals surface area contributed by atoms with E-state index in [4.69, 9.17) is 15.5 Å². The summed E-state index contributed by atoms with van der Waals surface area (Å²) in [5, 5.41) is 4.34. The highest BCUT2D eigenvalue weighted by molar-refractivity contribution is 7.11. The molecule has 0 fully saturated rings. The van der Waals surface area contributed by atoms with Crippen LogP contribution in [0.4, 0.5) is 5.69 Å². The number of nitrogens with two attached hydrogens (primary N) is 1. The molecule has 3 rings (SSSR count). The van der Waals surface area contributed by atoms with Crippen molar-refractivity contribution in [1.82, 2.24) is 4.98 Å². The second-order valence-electron chi connectivity index (χ2n) is 5.91. The normalized spacial score (nSPS) is 14.3. The number of benzene rings is 1. The van der Waals surface area contributed by atoms with Gasteiger partial charge in [0, 0.05) is 23.5 Å². The van der Waals surface area contributed by atoms with Gasteiger partial charge in [0.05, 0.1) is 17.8 Å². The Morgan fingerprint density at radius 2 is 2.08 bits per heavy atom. The molecule has 1 aliphatic rings. The van der Waals surface area contributed by atoms with Gasteiger partial charge >= 0.3 is 0 Å². The first-order valence-electron chi connectivity index (χ1n) is 8.43. The molecular weight excluding hydrogens is 320 g/mol. The van der Waals surface area contributed by atoms with Crippen LogP contribution >= 0.6 is 11.3 Å². The first kappa shape index (κ1) is 16.8. The number of fused-ring (bicyclic) bond motifs is 1. The Morgan fingerprint density at radius 1 is 1.29 bits per heavy atom. The Balaban J connectivity index is 1.44. The lowest BCUT2D eigenvalue weighted by atomic mass is 10.0. The van der Waals surface area contributed by atoms with Crippen LogP contribution in [0.2, 0.25) is 0 Å². The summed E-state index contributed by atoms with van der Waals surface area (Å²) >= 11 is 1.88. The van der Waals surface area contributed by atoms with Gasteiger partial charge in [-0.2, -0.15) is 0 Å². The van der Waals surface area contributed by atoms with Gasteiger partial charge in [0.25, 0.3) is 0 Å². The van der Waals surface area contributed by atoms with Crippen LogP contribution in [0.5, 0.6) is 5.75 Å². The van der Waals surface area contributed by atoms with Gasteiger partial charge in [0.2, 0.25) is 0 Å². The molecule has 5 nitrogen and oxygen atoms in total.